The SMILES string of the molecule is CCCCCCCCC=CCCCCCCC(C)C(=O)OC[C@@H](O)[C@@H](O)[C@H](O)[C@H](O)CO. The summed E-state index contributed by atoms with van der Waals surface area (Å²) in [7, 11) is 0. The van der Waals surface area contributed by atoms with Gasteiger partial charge >= 0.3 is 5.97 Å². The Hall–Kier alpha value is -0.990. The molecule has 0 fully saturated rings. The zero-order valence-electron chi connectivity index (χ0n) is 20.2. The highest BCUT2D eigenvalue weighted by atomic mass is 16.5. The van der Waals surface area contributed by atoms with Gasteiger partial charge in [0.2, 0.25) is 0 Å². The molecule has 0 saturated carbocycles. The maximum atomic E-state index is 12.0. The highest BCUT2D eigenvalue weighted by molar-refractivity contribution is 5.71. The molecular formula is C25H48O7. The molecular weight excluding hydrogens is 412 g/mol. The molecule has 0 heterocycles. The summed E-state index contributed by atoms with van der Waals surface area (Å²) in [6.07, 6.45) is 13.2. The van der Waals surface area contributed by atoms with Crippen molar-refractivity contribution in [3.8, 4) is 0 Å². The van der Waals surface area contributed by atoms with E-state index < -0.39 is 43.6 Å². The molecule has 0 aliphatic rings. The molecule has 5 atom stereocenters. The van der Waals surface area contributed by atoms with Crippen LogP contribution in [0, 0.1) is 5.92 Å². The van der Waals surface area contributed by atoms with E-state index in [4.69, 9.17) is 9.84 Å². The Bertz CT molecular complexity index is 469. The summed E-state index contributed by atoms with van der Waals surface area (Å²) in [6.45, 7) is 2.77. The van der Waals surface area contributed by atoms with Crippen LogP contribution in [0.4, 0.5) is 0 Å². The number of hydrogen-bond donors (Lipinski definition) is 5. The van der Waals surface area contributed by atoms with E-state index in [2.05, 4.69) is 19.1 Å². The number of esters is 1. The second kappa shape index (κ2) is 20.6. The Kier molecular flexibility index (Phi) is 20.0. The van der Waals surface area contributed by atoms with E-state index >= 15 is 0 Å². The van der Waals surface area contributed by atoms with Crippen molar-refractivity contribution < 1.29 is 35.1 Å². The third kappa shape index (κ3) is 15.8. The number of aliphatic hydroxyl groups excluding tert-OH is 5. The molecule has 0 rings (SSSR count). The molecule has 0 aromatic carbocycles. The molecule has 7 heteroatoms. The molecule has 0 radical (unpaired) electrons. The highest BCUT2D eigenvalue weighted by Crippen LogP contribution is 2.14. The van der Waals surface area contributed by atoms with Gasteiger partial charge in [0.15, 0.2) is 0 Å². The smallest absolute Gasteiger partial charge is 0.308 e. The van der Waals surface area contributed by atoms with Crippen LogP contribution >= 0.6 is 0 Å². The Morgan fingerprint density at radius 2 is 1.28 bits per heavy atom. The molecule has 5 N–H and O–H groups in total. The Morgan fingerprint density at radius 3 is 1.84 bits per heavy atom. The summed E-state index contributed by atoms with van der Waals surface area (Å²) in [5.74, 6) is -0.782. The number of allylic oxidation sites excluding steroid dienone is 2. The number of carbonyl (C=O) groups is 1. The molecule has 0 bridgehead atoms. The lowest BCUT2D eigenvalue weighted by Crippen LogP contribution is -2.47. The first-order valence-electron chi connectivity index (χ1n) is 12.5. The van der Waals surface area contributed by atoms with Gasteiger partial charge in [-0.05, 0) is 32.1 Å². The van der Waals surface area contributed by atoms with E-state index in [1.54, 1.807) is 6.92 Å². The minimum Gasteiger partial charge on any atom is -0.463 e. The monoisotopic (exact) mass is 460 g/mol. The standard InChI is InChI=1S/C25H48O7/c1-3-4-5-6-7-8-9-10-11-12-13-14-15-16-17-20(2)25(31)32-19-22(28)24(30)23(29)21(27)18-26/h10-11,20-24,26-30H,3-9,12-19H2,1-2H3/t20?,21-,22-,23-,24-/m1/s1. The van der Waals surface area contributed by atoms with Crippen molar-refractivity contribution in [2.45, 2.75) is 122 Å². The number of rotatable bonds is 21. The highest BCUT2D eigenvalue weighted by Gasteiger charge is 2.31. The molecule has 32 heavy (non-hydrogen) atoms. The largest absolute Gasteiger partial charge is 0.463 e. The number of unbranched alkanes of at least 4 members (excludes halogenated alkanes) is 10. The van der Waals surface area contributed by atoms with Crippen LogP contribution in [0.1, 0.15) is 97.3 Å². The second-order valence-corrected chi connectivity index (χ2v) is 8.85. The van der Waals surface area contributed by atoms with Crippen LogP contribution in [0.2, 0.25) is 0 Å². The van der Waals surface area contributed by atoms with Crippen molar-refractivity contribution in [2.24, 2.45) is 5.92 Å². The van der Waals surface area contributed by atoms with Crippen molar-refractivity contribution in [1.29, 1.82) is 0 Å². The second-order valence-electron chi connectivity index (χ2n) is 8.85. The number of aliphatic hydroxyl groups is 5. The van der Waals surface area contributed by atoms with Crippen molar-refractivity contribution in [2.75, 3.05) is 13.2 Å². The first-order chi connectivity index (χ1) is 15.3. The van der Waals surface area contributed by atoms with E-state index in [0.29, 0.717) is 6.42 Å². The van der Waals surface area contributed by atoms with Crippen LogP contribution in [-0.2, 0) is 9.53 Å². The van der Waals surface area contributed by atoms with Crippen molar-refractivity contribution >= 4 is 5.97 Å². The molecule has 190 valence electrons. The van der Waals surface area contributed by atoms with Crippen molar-refractivity contribution in [1.82, 2.24) is 0 Å². The Morgan fingerprint density at radius 1 is 0.781 bits per heavy atom. The van der Waals surface area contributed by atoms with Gasteiger partial charge in [-0.25, -0.2) is 0 Å². The summed E-state index contributed by atoms with van der Waals surface area (Å²) in [6, 6.07) is 0. The van der Waals surface area contributed by atoms with Crippen LogP contribution in [0.5, 0.6) is 0 Å². The van der Waals surface area contributed by atoms with Crippen molar-refractivity contribution in [3.05, 3.63) is 12.2 Å². The Balaban J connectivity index is 3.72. The molecule has 0 aliphatic heterocycles. The van der Waals surface area contributed by atoms with Crippen LogP contribution < -0.4 is 0 Å². The van der Waals surface area contributed by atoms with Gasteiger partial charge in [0.25, 0.3) is 0 Å². The zero-order valence-corrected chi connectivity index (χ0v) is 20.2. The third-order valence-corrected chi connectivity index (χ3v) is 5.77. The third-order valence-electron chi connectivity index (χ3n) is 5.77. The van der Waals surface area contributed by atoms with Gasteiger partial charge in [-0.1, -0.05) is 77.4 Å². The molecule has 0 aromatic rings. The predicted molar refractivity (Wildman–Crippen MR) is 126 cm³/mol. The first-order valence-corrected chi connectivity index (χ1v) is 12.5. The van der Waals surface area contributed by atoms with Crippen molar-refractivity contribution in [3.63, 3.8) is 0 Å². The van der Waals surface area contributed by atoms with E-state index in [-0.39, 0.29) is 5.92 Å². The average Bonchev–Trinajstić information content (AvgIpc) is 2.80. The van der Waals surface area contributed by atoms with Crippen LogP contribution in [0.25, 0.3) is 0 Å². The molecule has 0 aliphatic carbocycles. The minimum atomic E-state index is -1.73. The first kappa shape index (κ1) is 31.0. The minimum absolute atomic E-state index is 0.315. The fourth-order valence-corrected chi connectivity index (χ4v) is 3.43. The quantitative estimate of drug-likeness (QED) is 0.101. The van der Waals surface area contributed by atoms with E-state index in [0.717, 1.165) is 32.1 Å². The maximum Gasteiger partial charge on any atom is 0.308 e. The normalized spacial score (nSPS) is 16.6. The topological polar surface area (TPSA) is 127 Å². The van der Waals surface area contributed by atoms with Gasteiger partial charge in [0, 0.05) is 0 Å². The number of hydrogen-bond acceptors (Lipinski definition) is 7. The van der Waals surface area contributed by atoms with Gasteiger partial charge in [-0.2, -0.15) is 0 Å². The number of ether oxygens (including phenoxy) is 1. The van der Waals surface area contributed by atoms with Gasteiger partial charge in [0.1, 0.15) is 31.0 Å². The van der Waals surface area contributed by atoms with Gasteiger partial charge in [-0.15, -0.1) is 0 Å². The zero-order chi connectivity index (χ0) is 24.2. The lowest BCUT2D eigenvalue weighted by Gasteiger charge is -2.25. The molecule has 1 unspecified atom stereocenters. The van der Waals surface area contributed by atoms with E-state index in [1.165, 1.54) is 44.9 Å². The molecule has 0 aromatic heterocycles. The van der Waals surface area contributed by atoms with Crippen LogP contribution in [0.15, 0.2) is 12.2 Å². The predicted octanol–water partition coefficient (Wildman–Crippen LogP) is 3.25. The summed E-state index contributed by atoms with van der Waals surface area (Å²) in [4.78, 5) is 12.0. The summed E-state index contributed by atoms with van der Waals surface area (Å²) in [5.41, 5.74) is 0. The van der Waals surface area contributed by atoms with E-state index in [1.807, 2.05) is 0 Å². The lowest BCUT2D eigenvalue weighted by atomic mass is 10.0. The summed E-state index contributed by atoms with van der Waals surface area (Å²) in [5, 5.41) is 47.1. The van der Waals surface area contributed by atoms with Crippen LogP contribution in [-0.4, -0.2) is 69.1 Å². The molecule has 0 saturated heterocycles. The molecule has 7 nitrogen and oxygen atoms in total. The number of carbonyl (C=O) groups excluding carboxylic acids is 1. The van der Waals surface area contributed by atoms with Gasteiger partial charge < -0.3 is 30.3 Å². The fraction of sp³-hybridized carbons (Fsp3) is 0.880. The van der Waals surface area contributed by atoms with Gasteiger partial charge in [-0.3, -0.25) is 4.79 Å². The van der Waals surface area contributed by atoms with E-state index in [9.17, 15) is 25.2 Å². The average molecular weight is 461 g/mol. The Labute approximate surface area is 194 Å². The molecule has 0 spiro atoms. The fourth-order valence-electron chi connectivity index (χ4n) is 3.43. The lowest BCUT2D eigenvalue weighted by molar-refractivity contribution is -0.160. The van der Waals surface area contributed by atoms with Crippen LogP contribution in [0.3, 0.4) is 0 Å². The summed E-state index contributed by atoms with van der Waals surface area (Å²) >= 11 is 0. The maximum absolute atomic E-state index is 12.0. The summed E-state index contributed by atoms with van der Waals surface area (Å²) < 4.78 is 5.01. The molecule has 0 amide bonds. The van der Waals surface area contributed by atoms with Gasteiger partial charge in [0.05, 0.1) is 12.5 Å².